The minimum Gasteiger partial charge on any atom is -0.445 e. The van der Waals surface area contributed by atoms with Gasteiger partial charge in [0.05, 0.1) is 32.2 Å². The van der Waals surface area contributed by atoms with E-state index in [4.69, 9.17) is 4.74 Å². The summed E-state index contributed by atoms with van der Waals surface area (Å²) in [5.74, 6) is -2.97. The highest BCUT2D eigenvalue weighted by Crippen LogP contribution is 2.33. The number of rotatable bonds is 8. The van der Waals surface area contributed by atoms with Gasteiger partial charge in [-0.3, -0.25) is 34.6 Å². The smallest absolute Gasteiger partial charge is 0.339 e. The van der Waals surface area contributed by atoms with Gasteiger partial charge in [-0.1, -0.05) is 30.3 Å². The van der Waals surface area contributed by atoms with Crippen LogP contribution in [0, 0.1) is 27.2 Å². The number of ether oxygens (including phenoxy) is 1. The molecule has 0 bridgehead atoms. The lowest BCUT2D eigenvalue weighted by Gasteiger charge is -2.18. The number of aryl methyl sites for hydroxylation is 1. The zero-order chi connectivity index (χ0) is 30.1. The lowest BCUT2D eigenvalue weighted by atomic mass is 9.99. The Morgan fingerprint density at radius 1 is 0.738 bits per heavy atom. The second kappa shape index (κ2) is 10.8. The fourth-order valence-electron chi connectivity index (χ4n) is 4.56. The average Bonchev–Trinajstić information content (AvgIpc) is 3.24. The average molecular weight is 565 g/mol. The zero-order valence-electron chi connectivity index (χ0n) is 21.8. The molecular formula is C30H19N3O9. The van der Waals surface area contributed by atoms with Gasteiger partial charge in [0.25, 0.3) is 23.2 Å². The van der Waals surface area contributed by atoms with Crippen LogP contribution in [0.1, 0.15) is 58.7 Å². The van der Waals surface area contributed by atoms with Crippen LogP contribution in [0.2, 0.25) is 0 Å². The third-order valence-electron chi connectivity index (χ3n) is 6.68. The SMILES string of the molecule is Cc1cc([N+](=O)[O-])ccc1N1C(=O)c2ccc(C(=O)O[C@H](C(=O)c3ccccc3)c3ccc([N+](=O)[O-])cc3)cc2C1=O. The molecule has 0 N–H and O–H groups in total. The monoisotopic (exact) mass is 565 g/mol. The first-order chi connectivity index (χ1) is 20.1. The molecular weight excluding hydrogens is 546 g/mol. The normalized spacial score (nSPS) is 12.9. The van der Waals surface area contributed by atoms with Crippen molar-refractivity contribution >= 4 is 40.6 Å². The standard InChI is InChI=1S/C30H19N3O9/c1-17-15-22(33(40)41)12-14-25(17)31-28(35)23-13-9-20(16-24(23)29(31)36)30(37)42-27(26(34)18-5-3-2-4-6-18)19-7-10-21(11-8-19)32(38)39/h2-16,27H,1H3/t27-/m0/s1. The van der Waals surface area contributed by atoms with Gasteiger partial charge in [0.2, 0.25) is 5.78 Å². The van der Waals surface area contributed by atoms with Gasteiger partial charge in [0.15, 0.2) is 6.10 Å². The summed E-state index contributed by atoms with van der Waals surface area (Å²) in [7, 11) is 0. The number of esters is 1. The highest BCUT2D eigenvalue weighted by Gasteiger charge is 2.38. The van der Waals surface area contributed by atoms with Crippen LogP contribution in [-0.2, 0) is 4.74 Å². The number of nitrogens with zero attached hydrogens (tertiary/aromatic N) is 3. The van der Waals surface area contributed by atoms with Crippen molar-refractivity contribution in [3.8, 4) is 0 Å². The Morgan fingerprint density at radius 2 is 1.36 bits per heavy atom. The summed E-state index contributed by atoms with van der Waals surface area (Å²) < 4.78 is 5.60. The van der Waals surface area contributed by atoms with Gasteiger partial charge in [-0.15, -0.1) is 0 Å². The van der Waals surface area contributed by atoms with Crippen LogP contribution < -0.4 is 4.90 Å². The predicted octanol–water partition coefficient (Wildman–Crippen LogP) is 5.39. The van der Waals surface area contributed by atoms with Gasteiger partial charge in [-0.25, -0.2) is 9.69 Å². The van der Waals surface area contributed by atoms with Crippen molar-refractivity contribution in [2.75, 3.05) is 4.90 Å². The number of anilines is 1. The molecule has 5 rings (SSSR count). The number of imide groups is 1. The third kappa shape index (κ3) is 4.99. The van der Waals surface area contributed by atoms with Gasteiger partial charge >= 0.3 is 5.97 Å². The number of benzene rings is 4. The molecule has 0 saturated heterocycles. The van der Waals surface area contributed by atoms with E-state index in [1.165, 1.54) is 79.7 Å². The summed E-state index contributed by atoms with van der Waals surface area (Å²) in [4.78, 5) is 74.9. The first-order valence-electron chi connectivity index (χ1n) is 12.4. The molecule has 12 heteroatoms. The third-order valence-corrected chi connectivity index (χ3v) is 6.68. The van der Waals surface area contributed by atoms with E-state index in [0.717, 1.165) is 4.90 Å². The van der Waals surface area contributed by atoms with Crippen LogP contribution in [0.15, 0.2) is 91.0 Å². The van der Waals surface area contributed by atoms with Crippen molar-refractivity contribution in [3.05, 3.63) is 145 Å². The van der Waals surface area contributed by atoms with E-state index >= 15 is 0 Å². The van der Waals surface area contributed by atoms with Crippen molar-refractivity contribution in [2.24, 2.45) is 0 Å². The Hall–Kier alpha value is -6.04. The second-order valence-corrected chi connectivity index (χ2v) is 9.30. The molecule has 1 aliphatic heterocycles. The number of carbonyl (C=O) groups excluding carboxylic acids is 4. The molecule has 0 aromatic heterocycles. The quantitative estimate of drug-likeness (QED) is 0.0894. The van der Waals surface area contributed by atoms with E-state index in [2.05, 4.69) is 0 Å². The van der Waals surface area contributed by atoms with Crippen molar-refractivity contribution in [1.82, 2.24) is 0 Å². The lowest BCUT2D eigenvalue weighted by Crippen LogP contribution is -2.30. The van der Waals surface area contributed by atoms with Crippen molar-refractivity contribution in [2.45, 2.75) is 13.0 Å². The van der Waals surface area contributed by atoms with Crippen LogP contribution in [0.4, 0.5) is 17.1 Å². The number of ketones is 1. The highest BCUT2D eigenvalue weighted by molar-refractivity contribution is 6.35. The number of non-ortho nitro benzene ring substituents is 2. The molecule has 4 aromatic rings. The Balaban J connectivity index is 1.45. The number of Topliss-reactive ketones (excluding diaryl/α,β-unsaturated/α-hetero) is 1. The molecule has 208 valence electrons. The molecule has 0 saturated carbocycles. The van der Waals surface area contributed by atoms with Crippen molar-refractivity contribution in [3.63, 3.8) is 0 Å². The molecule has 0 aliphatic carbocycles. The van der Waals surface area contributed by atoms with Gasteiger partial charge in [0, 0.05) is 35.4 Å². The highest BCUT2D eigenvalue weighted by atomic mass is 16.6. The molecule has 0 fully saturated rings. The molecule has 1 atom stereocenters. The number of nitro groups is 2. The van der Waals surface area contributed by atoms with E-state index in [9.17, 15) is 39.4 Å². The van der Waals surface area contributed by atoms with Crippen LogP contribution in [0.5, 0.6) is 0 Å². The van der Waals surface area contributed by atoms with Crippen molar-refractivity contribution < 1.29 is 33.8 Å². The van der Waals surface area contributed by atoms with E-state index in [1.807, 2.05) is 0 Å². The Bertz CT molecular complexity index is 1800. The summed E-state index contributed by atoms with van der Waals surface area (Å²) in [6, 6.07) is 20.5. The van der Waals surface area contributed by atoms with Gasteiger partial charge < -0.3 is 4.74 Å². The maximum Gasteiger partial charge on any atom is 0.339 e. The van der Waals surface area contributed by atoms with E-state index in [0.29, 0.717) is 5.56 Å². The van der Waals surface area contributed by atoms with Crippen LogP contribution >= 0.6 is 0 Å². The maximum atomic E-state index is 13.4. The summed E-state index contributed by atoms with van der Waals surface area (Å²) in [6.07, 6.45) is -1.47. The summed E-state index contributed by atoms with van der Waals surface area (Å²) in [5.41, 5.74) is 0.287. The van der Waals surface area contributed by atoms with Crippen molar-refractivity contribution in [1.29, 1.82) is 0 Å². The topological polar surface area (TPSA) is 167 Å². The Kier molecular flexibility index (Phi) is 7.11. The van der Waals surface area contributed by atoms with E-state index in [1.54, 1.807) is 18.2 Å². The molecule has 0 spiro atoms. The summed E-state index contributed by atoms with van der Waals surface area (Å²) >= 11 is 0. The Labute approximate surface area is 237 Å². The minimum atomic E-state index is -1.47. The van der Waals surface area contributed by atoms with Gasteiger partial charge in [0.1, 0.15) is 0 Å². The maximum absolute atomic E-state index is 13.4. The summed E-state index contributed by atoms with van der Waals surface area (Å²) in [5, 5.41) is 22.2. The van der Waals surface area contributed by atoms with Crippen LogP contribution in [0.3, 0.4) is 0 Å². The molecule has 0 radical (unpaired) electrons. The number of fused-ring (bicyclic) bond motifs is 1. The number of amides is 2. The fraction of sp³-hybridized carbons (Fsp3) is 0.0667. The summed E-state index contributed by atoms with van der Waals surface area (Å²) in [6.45, 7) is 1.52. The number of carbonyl (C=O) groups is 4. The lowest BCUT2D eigenvalue weighted by molar-refractivity contribution is -0.385. The first-order valence-corrected chi connectivity index (χ1v) is 12.4. The second-order valence-electron chi connectivity index (χ2n) is 9.30. The zero-order valence-corrected chi connectivity index (χ0v) is 21.8. The van der Waals surface area contributed by atoms with E-state index < -0.39 is 39.5 Å². The molecule has 1 aliphatic rings. The molecule has 2 amide bonds. The molecule has 1 heterocycles. The number of hydrogen-bond donors (Lipinski definition) is 0. The largest absolute Gasteiger partial charge is 0.445 e. The van der Waals surface area contributed by atoms with Crippen LogP contribution in [0.25, 0.3) is 0 Å². The Morgan fingerprint density at radius 3 is 1.98 bits per heavy atom. The number of nitro benzene ring substituents is 2. The molecule has 42 heavy (non-hydrogen) atoms. The molecule has 12 nitrogen and oxygen atoms in total. The van der Waals surface area contributed by atoms with Gasteiger partial charge in [-0.2, -0.15) is 0 Å². The predicted molar refractivity (Wildman–Crippen MR) is 147 cm³/mol. The fourth-order valence-corrected chi connectivity index (χ4v) is 4.56. The molecule has 4 aromatic carbocycles. The molecule has 0 unspecified atom stereocenters. The number of hydrogen-bond acceptors (Lipinski definition) is 9. The van der Waals surface area contributed by atoms with E-state index in [-0.39, 0.29) is 44.9 Å². The minimum absolute atomic E-state index is 0.0154. The van der Waals surface area contributed by atoms with Gasteiger partial charge in [-0.05, 0) is 48.9 Å². The van der Waals surface area contributed by atoms with Crippen LogP contribution in [-0.4, -0.2) is 33.4 Å². The first kappa shape index (κ1) is 27.5.